The van der Waals surface area contributed by atoms with Gasteiger partial charge in [-0.1, -0.05) is 17.7 Å². The molecule has 0 aliphatic carbocycles. The van der Waals surface area contributed by atoms with Gasteiger partial charge in [-0.25, -0.2) is 0 Å². The van der Waals surface area contributed by atoms with E-state index in [-0.39, 0.29) is 11.9 Å². The van der Waals surface area contributed by atoms with Gasteiger partial charge < -0.3 is 10.1 Å². The first-order chi connectivity index (χ1) is 12.9. The molecule has 142 valence electrons. The lowest BCUT2D eigenvalue weighted by molar-refractivity contribution is 0.0940. The fourth-order valence-corrected chi connectivity index (χ4v) is 3.68. The average molecular weight is 384 g/mol. The largest absolute Gasteiger partial charge is 0.489 e. The van der Waals surface area contributed by atoms with Crippen molar-refractivity contribution in [2.45, 2.75) is 46.9 Å². The van der Waals surface area contributed by atoms with Gasteiger partial charge in [0.2, 0.25) is 0 Å². The molecule has 0 spiro atoms. The van der Waals surface area contributed by atoms with Crippen LogP contribution in [0, 0.1) is 20.8 Å². The van der Waals surface area contributed by atoms with Gasteiger partial charge in [0, 0.05) is 17.8 Å². The zero-order valence-corrected chi connectivity index (χ0v) is 17.0. The Morgan fingerprint density at radius 1 is 1.26 bits per heavy atom. The predicted octanol–water partition coefficient (Wildman–Crippen LogP) is 4.27. The lowest BCUT2D eigenvalue weighted by atomic mass is 10.1. The molecule has 1 N–H and O–H groups in total. The molecule has 1 amide bonds. The number of thiophene rings is 1. The van der Waals surface area contributed by atoms with Crippen LogP contribution in [0.4, 0.5) is 0 Å². The van der Waals surface area contributed by atoms with Crippen molar-refractivity contribution in [3.8, 4) is 5.75 Å². The molecule has 0 radical (unpaired) electrons. The van der Waals surface area contributed by atoms with Crippen LogP contribution in [-0.2, 0) is 13.2 Å². The molecular weight excluding hydrogens is 358 g/mol. The number of amides is 1. The van der Waals surface area contributed by atoms with Crippen LogP contribution in [0.1, 0.15) is 39.0 Å². The minimum Gasteiger partial charge on any atom is -0.489 e. The fraction of sp³-hybridized carbons (Fsp3) is 0.333. The summed E-state index contributed by atoms with van der Waals surface area (Å²) in [6, 6.07) is 9.98. The number of nitrogens with zero attached hydrogens (tertiary/aromatic N) is 2. The smallest absolute Gasteiger partial charge is 0.261 e. The van der Waals surface area contributed by atoms with Crippen LogP contribution in [0.5, 0.6) is 5.75 Å². The van der Waals surface area contributed by atoms with Crippen molar-refractivity contribution in [2.75, 3.05) is 0 Å². The van der Waals surface area contributed by atoms with Gasteiger partial charge in [0.15, 0.2) is 0 Å². The summed E-state index contributed by atoms with van der Waals surface area (Å²) in [6.07, 6.45) is 1.92. The second-order valence-electron chi connectivity index (χ2n) is 6.93. The van der Waals surface area contributed by atoms with E-state index in [9.17, 15) is 4.79 Å². The standard InChI is InChI=1S/C21H25N3O2S/c1-14-5-6-19(15(2)9-14)26-12-18-10-20(27-13-18)21(25)22-17(4)11-24-8-7-16(3)23-24/h5-10,13,17H,11-12H2,1-4H3,(H,22,25). The summed E-state index contributed by atoms with van der Waals surface area (Å²) in [5, 5.41) is 9.35. The molecule has 0 saturated heterocycles. The molecule has 0 fully saturated rings. The van der Waals surface area contributed by atoms with E-state index in [0.29, 0.717) is 18.0 Å². The summed E-state index contributed by atoms with van der Waals surface area (Å²) in [5.41, 5.74) is 4.31. The van der Waals surface area contributed by atoms with Crippen molar-refractivity contribution in [3.05, 3.63) is 69.2 Å². The highest BCUT2D eigenvalue weighted by atomic mass is 32.1. The lowest BCUT2D eigenvalue weighted by Gasteiger charge is -2.13. The molecule has 0 saturated carbocycles. The highest BCUT2D eigenvalue weighted by Crippen LogP contribution is 2.22. The third kappa shape index (κ3) is 5.20. The van der Waals surface area contributed by atoms with Gasteiger partial charge in [-0.05, 0) is 56.8 Å². The molecule has 0 bridgehead atoms. The first kappa shape index (κ1) is 19.2. The molecule has 0 aliphatic heterocycles. The first-order valence-corrected chi connectivity index (χ1v) is 9.87. The van der Waals surface area contributed by atoms with Crippen LogP contribution in [-0.4, -0.2) is 21.7 Å². The first-order valence-electron chi connectivity index (χ1n) is 8.99. The van der Waals surface area contributed by atoms with Gasteiger partial charge in [-0.2, -0.15) is 5.10 Å². The van der Waals surface area contributed by atoms with E-state index in [0.717, 1.165) is 22.6 Å². The molecule has 1 aromatic carbocycles. The Hall–Kier alpha value is -2.60. The van der Waals surface area contributed by atoms with E-state index in [1.165, 1.54) is 16.9 Å². The number of hydrogen-bond acceptors (Lipinski definition) is 4. The Labute approximate surface area is 164 Å². The maximum atomic E-state index is 12.5. The van der Waals surface area contributed by atoms with Gasteiger partial charge in [-0.3, -0.25) is 9.48 Å². The van der Waals surface area contributed by atoms with E-state index < -0.39 is 0 Å². The van der Waals surface area contributed by atoms with Crippen molar-refractivity contribution >= 4 is 17.2 Å². The summed E-state index contributed by atoms with van der Waals surface area (Å²) in [7, 11) is 0. The molecule has 3 aromatic rings. The Bertz CT molecular complexity index is 929. The fourth-order valence-electron chi connectivity index (χ4n) is 2.88. The number of ether oxygens (including phenoxy) is 1. The van der Waals surface area contributed by atoms with Gasteiger partial charge >= 0.3 is 0 Å². The van der Waals surface area contributed by atoms with E-state index >= 15 is 0 Å². The number of aromatic nitrogens is 2. The topological polar surface area (TPSA) is 56.1 Å². The monoisotopic (exact) mass is 383 g/mol. The SMILES string of the molecule is Cc1ccc(OCc2csc(C(=O)NC(C)Cn3ccc(C)n3)c2)c(C)c1. The summed E-state index contributed by atoms with van der Waals surface area (Å²) < 4.78 is 7.74. The van der Waals surface area contributed by atoms with Crippen LogP contribution in [0.15, 0.2) is 41.9 Å². The molecule has 6 heteroatoms. The third-order valence-electron chi connectivity index (χ3n) is 4.21. The Morgan fingerprint density at radius 3 is 2.78 bits per heavy atom. The van der Waals surface area contributed by atoms with Crippen molar-refractivity contribution in [1.29, 1.82) is 0 Å². The summed E-state index contributed by atoms with van der Waals surface area (Å²) >= 11 is 1.44. The zero-order valence-electron chi connectivity index (χ0n) is 16.2. The van der Waals surface area contributed by atoms with Crippen molar-refractivity contribution in [2.24, 2.45) is 0 Å². The second-order valence-corrected chi connectivity index (χ2v) is 7.84. The molecule has 0 aliphatic rings. The van der Waals surface area contributed by atoms with Gasteiger partial charge in [0.25, 0.3) is 5.91 Å². The molecule has 2 heterocycles. The summed E-state index contributed by atoms with van der Waals surface area (Å²) in [4.78, 5) is 13.2. The Kier molecular flexibility index (Phi) is 5.96. The molecule has 27 heavy (non-hydrogen) atoms. The van der Waals surface area contributed by atoms with Crippen LogP contribution in [0.3, 0.4) is 0 Å². The maximum absolute atomic E-state index is 12.5. The Balaban J connectivity index is 1.53. The Morgan fingerprint density at radius 2 is 2.07 bits per heavy atom. The van der Waals surface area contributed by atoms with Gasteiger partial charge in [0.05, 0.1) is 17.1 Å². The van der Waals surface area contributed by atoms with Crippen LogP contribution >= 0.6 is 11.3 Å². The van der Waals surface area contributed by atoms with E-state index in [1.54, 1.807) is 0 Å². The maximum Gasteiger partial charge on any atom is 0.261 e. The van der Waals surface area contributed by atoms with Gasteiger partial charge in [0.1, 0.15) is 12.4 Å². The minimum absolute atomic E-state index is 0.00573. The van der Waals surface area contributed by atoms with Crippen molar-refractivity contribution < 1.29 is 9.53 Å². The lowest BCUT2D eigenvalue weighted by Crippen LogP contribution is -2.35. The van der Waals surface area contributed by atoms with E-state index in [1.807, 2.05) is 61.3 Å². The van der Waals surface area contributed by atoms with Crippen molar-refractivity contribution in [3.63, 3.8) is 0 Å². The number of nitrogens with one attached hydrogen (secondary N) is 1. The van der Waals surface area contributed by atoms with Crippen LogP contribution < -0.4 is 10.1 Å². The van der Waals surface area contributed by atoms with Gasteiger partial charge in [-0.15, -0.1) is 11.3 Å². The molecule has 1 atom stereocenters. The zero-order chi connectivity index (χ0) is 19.4. The average Bonchev–Trinajstić information content (AvgIpc) is 3.23. The number of aryl methyl sites for hydroxylation is 3. The quantitative estimate of drug-likeness (QED) is 0.663. The number of benzene rings is 1. The van der Waals surface area contributed by atoms with Crippen LogP contribution in [0.2, 0.25) is 0 Å². The van der Waals surface area contributed by atoms with Crippen molar-refractivity contribution in [1.82, 2.24) is 15.1 Å². The molecule has 1 unspecified atom stereocenters. The molecule has 2 aromatic heterocycles. The highest BCUT2D eigenvalue weighted by Gasteiger charge is 2.13. The summed E-state index contributed by atoms with van der Waals surface area (Å²) in [6.45, 7) is 9.13. The number of hydrogen-bond donors (Lipinski definition) is 1. The van der Waals surface area contributed by atoms with E-state index in [2.05, 4.69) is 23.4 Å². The highest BCUT2D eigenvalue weighted by molar-refractivity contribution is 7.12. The summed E-state index contributed by atoms with van der Waals surface area (Å²) in [5.74, 6) is 0.815. The van der Waals surface area contributed by atoms with Crippen LogP contribution in [0.25, 0.3) is 0 Å². The molecular formula is C21H25N3O2S. The number of rotatable bonds is 7. The normalized spacial score (nSPS) is 12.0. The number of carbonyl (C=O) groups excluding carboxylic acids is 1. The van der Waals surface area contributed by atoms with E-state index in [4.69, 9.17) is 4.74 Å². The minimum atomic E-state index is -0.0610. The molecule has 3 rings (SSSR count). The second kappa shape index (κ2) is 8.39. The third-order valence-corrected chi connectivity index (χ3v) is 5.19. The predicted molar refractivity (Wildman–Crippen MR) is 108 cm³/mol. The number of carbonyl (C=O) groups is 1. The molecule has 5 nitrogen and oxygen atoms in total.